The van der Waals surface area contributed by atoms with Crippen LogP contribution < -0.4 is 4.74 Å². The molecule has 0 aliphatic heterocycles. The lowest BCUT2D eigenvalue weighted by atomic mass is 10.0. The van der Waals surface area contributed by atoms with Gasteiger partial charge in [-0.25, -0.2) is 4.39 Å². The van der Waals surface area contributed by atoms with Crippen LogP contribution in [-0.4, -0.2) is 12.4 Å². The average molecular weight is 337 g/mol. The fraction of sp³-hybridized carbons (Fsp3) is 0.188. The molecule has 0 aliphatic rings. The van der Waals surface area contributed by atoms with E-state index in [0.717, 1.165) is 0 Å². The van der Waals surface area contributed by atoms with E-state index in [-0.39, 0.29) is 18.0 Å². The Morgan fingerprint density at radius 3 is 2.75 bits per heavy atom. The van der Waals surface area contributed by atoms with Gasteiger partial charge in [-0.15, -0.1) is 0 Å². The van der Waals surface area contributed by atoms with Crippen molar-refractivity contribution in [1.82, 2.24) is 0 Å². The van der Waals surface area contributed by atoms with Crippen LogP contribution in [0, 0.1) is 5.82 Å². The maximum Gasteiger partial charge on any atom is 0.167 e. The van der Waals surface area contributed by atoms with Gasteiger partial charge in [0.25, 0.3) is 0 Å². The second-order valence-corrected chi connectivity index (χ2v) is 5.25. The first-order valence-corrected chi connectivity index (χ1v) is 7.09. The lowest BCUT2D eigenvalue weighted by Gasteiger charge is -2.06. The van der Waals surface area contributed by atoms with Crippen LogP contribution in [0.5, 0.6) is 5.75 Å². The molecular formula is C16H14BrFO2. The maximum atomic E-state index is 13.3. The zero-order valence-electron chi connectivity index (χ0n) is 11.0. The number of carbonyl (C=O) groups is 1. The minimum absolute atomic E-state index is 0.0657. The summed E-state index contributed by atoms with van der Waals surface area (Å²) >= 11 is 3.22. The predicted octanol–water partition coefficient (Wildman–Crippen LogP) is 4.41. The molecule has 0 fully saturated rings. The van der Waals surface area contributed by atoms with E-state index in [9.17, 15) is 9.18 Å². The van der Waals surface area contributed by atoms with Crippen molar-refractivity contribution in [3.63, 3.8) is 0 Å². The van der Waals surface area contributed by atoms with Crippen molar-refractivity contribution in [2.75, 3.05) is 6.61 Å². The van der Waals surface area contributed by atoms with Gasteiger partial charge in [0, 0.05) is 16.5 Å². The monoisotopic (exact) mass is 336 g/mol. The van der Waals surface area contributed by atoms with Crippen molar-refractivity contribution in [3.8, 4) is 5.75 Å². The van der Waals surface area contributed by atoms with Crippen LogP contribution in [0.4, 0.5) is 4.39 Å². The molecule has 0 N–H and O–H groups in total. The number of ketones is 1. The number of Topliss-reactive ketones (excluding diaryl/α,β-unsaturated/α-hetero) is 1. The molecule has 2 aromatic rings. The Hall–Kier alpha value is -1.68. The molecule has 0 spiro atoms. The van der Waals surface area contributed by atoms with Crippen molar-refractivity contribution < 1.29 is 13.9 Å². The van der Waals surface area contributed by atoms with Gasteiger partial charge in [-0.1, -0.05) is 28.1 Å². The lowest BCUT2D eigenvalue weighted by molar-refractivity contribution is 0.0992. The van der Waals surface area contributed by atoms with E-state index in [1.54, 1.807) is 30.3 Å². The summed E-state index contributed by atoms with van der Waals surface area (Å²) < 4.78 is 19.3. The van der Waals surface area contributed by atoms with Crippen LogP contribution in [-0.2, 0) is 6.42 Å². The fourth-order valence-electron chi connectivity index (χ4n) is 1.93. The predicted molar refractivity (Wildman–Crippen MR) is 79.7 cm³/mol. The largest absolute Gasteiger partial charge is 0.494 e. The van der Waals surface area contributed by atoms with Crippen molar-refractivity contribution in [2.24, 2.45) is 0 Å². The summed E-state index contributed by atoms with van der Waals surface area (Å²) in [5.41, 5.74) is 1.21. The summed E-state index contributed by atoms with van der Waals surface area (Å²) in [5, 5.41) is 0. The van der Waals surface area contributed by atoms with Gasteiger partial charge in [0.05, 0.1) is 6.61 Å². The third-order valence-electron chi connectivity index (χ3n) is 2.75. The van der Waals surface area contributed by atoms with Crippen molar-refractivity contribution in [1.29, 1.82) is 0 Å². The molecule has 0 aromatic heterocycles. The standard InChI is InChI=1S/C16H14BrFO2/c1-2-20-15-5-3-4-12(9-15)16(19)8-11-6-13(17)10-14(18)7-11/h3-7,9-10H,2,8H2,1H3. The zero-order valence-corrected chi connectivity index (χ0v) is 12.6. The Morgan fingerprint density at radius 1 is 1.25 bits per heavy atom. The molecule has 0 unspecified atom stereocenters. The van der Waals surface area contributed by atoms with Gasteiger partial charge in [0.1, 0.15) is 11.6 Å². The number of carbonyl (C=O) groups excluding carboxylic acids is 1. The van der Waals surface area contributed by atoms with Gasteiger partial charge < -0.3 is 4.74 Å². The Labute approximate surface area is 125 Å². The summed E-state index contributed by atoms with van der Waals surface area (Å²) in [5.74, 6) is 0.244. The molecule has 0 saturated carbocycles. The quantitative estimate of drug-likeness (QED) is 0.756. The summed E-state index contributed by atoms with van der Waals surface area (Å²) in [4.78, 5) is 12.2. The third-order valence-corrected chi connectivity index (χ3v) is 3.21. The third kappa shape index (κ3) is 3.90. The van der Waals surface area contributed by atoms with Gasteiger partial charge >= 0.3 is 0 Å². The molecule has 4 heteroatoms. The van der Waals surface area contributed by atoms with E-state index in [0.29, 0.717) is 28.0 Å². The highest BCUT2D eigenvalue weighted by molar-refractivity contribution is 9.10. The van der Waals surface area contributed by atoms with Gasteiger partial charge in [0.15, 0.2) is 5.78 Å². The van der Waals surface area contributed by atoms with Crippen LogP contribution in [0.2, 0.25) is 0 Å². The Balaban J connectivity index is 2.17. The molecule has 2 nitrogen and oxygen atoms in total. The molecule has 104 valence electrons. The molecule has 0 atom stereocenters. The Morgan fingerprint density at radius 2 is 2.05 bits per heavy atom. The average Bonchev–Trinajstić information content (AvgIpc) is 2.38. The van der Waals surface area contributed by atoms with Gasteiger partial charge in [-0.2, -0.15) is 0 Å². The molecule has 0 radical (unpaired) electrons. The minimum Gasteiger partial charge on any atom is -0.494 e. The normalized spacial score (nSPS) is 10.3. The number of halogens is 2. The van der Waals surface area contributed by atoms with Crippen molar-refractivity contribution in [2.45, 2.75) is 13.3 Å². The molecule has 0 aliphatic carbocycles. The van der Waals surface area contributed by atoms with Gasteiger partial charge in [0.2, 0.25) is 0 Å². The van der Waals surface area contributed by atoms with Gasteiger partial charge in [-0.3, -0.25) is 4.79 Å². The first-order chi connectivity index (χ1) is 9.58. The summed E-state index contributed by atoms with van der Waals surface area (Å²) in [6, 6.07) is 11.5. The van der Waals surface area contributed by atoms with E-state index >= 15 is 0 Å². The van der Waals surface area contributed by atoms with E-state index in [1.807, 2.05) is 6.92 Å². The van der Waals surface area contributed by atoms with E-state index < -0.39 is 0 Å². The molecule has 20 heavy (non-hydrogen) atoms. The minimum atomic E-state index is -0.356. The topological polar surface area (TPSA) is 26.3 Å². The second kappa shape index (κ2) is 6.66. The van der Waals surface area contributed by atoms with Crippen LogP contribution in [0.1, 0.15) is 22.8 Å². The highest BCUT2D eigenvalue weighted by Crippen LogP contribution is 2.18. The molecular weight excluding hydrogens is 323 g/mol. The molecule has 0 bridgehead atoms. The van der Waals surface area contributed by atoms with Crippen LogP contribution in [0.3, 0.4) is 0 Å². The molecule has 0 heterocycles. The maximum absolute atomic E-state index is 13.3. The van der Waals surface area contributed by atoms with E-state index in [1.165, 1.54) is 12.1 Å². The number of benzene rings is 2. The second-order valence-electron chi connectivity index (χ2n) is 4.34. The molecule has 2 aromatic carbocycles. The summed E-state index contributed by atoms with van der Waals surface area (Å²) in [7, 11) is 0. The van der Waals surface area contributed by atoms with Crippen LogP contribution >= 0.6 is 15.9 Å². The zero-order chi connectivity index (χ0) is 14.5. The highest BCUT2D eigenvalue weighted by Gasteiger charge is 2.09. The van der Waals surface area contributed by atoms with Crippen molar-refractivity contribution >= 4 is 21.7 Å². The first-order valence-electron chi connectivity index (χ1n) is 6.29. The Kier molecular flexibility index (Phi) is 4.90. The molecule has 2 rings (SSSR count). The highest BCUT2D eigenvalue weighted by atomic mass is 79.9. The number of hydrogen-bond donors (Lipinski definition) is 0. The number of hydrogen-bond acceptors (Lipinski definition) is 2. The summed E-state index contributed by atoms with van der Waals surface area (Å²) in [6.07, 6.45) is 0.159. The number of rotatable bonds is 5. The van der Waals surface area contributed by atoms with Crippen LogP contribution in [0.25, 0.3) is 0 Å². The van der Waals surface area contributed by atoms with E-state index in [2.05, 4.69) is 15.9 Å². The van der Waals surface area contributed by atoms with Crippen molar-refractivity contribution in [3.05, 3.63) is 63.9 Å². The van der Waals surface area contributed by atoms with E-state index in [4.69, 9.17) is 4.74 Å². The van der Waals surface area contributed by atoms with Gasteiger partial charge in [-0.05, 0) is 42.8 Å². The molecule has 0 saturated heterocycles. The fourth-order valence-corrected chi connectivity index (χ4v) is 2.44. The smallest absolute Gasteiger partial charge is 0.167 e. The molecule has 0 amide bonds. The lowest BCUT2D eigenvalue weighted by Crippen LogP contribution is -2.04. The SMILES string of the molecule is CCOc1cccc(C(=O)Cc2cc(F)cc(Br)c2)c1. The Bertz CT molecular complexity index is 605. The number of ether oxygens (including phenoxy) is 1. The first kappa shape index (κ1) is 14.7. The van der Waals surface area contributed by atoms with Crippen LogP contribution in [0.15, 0.2) is 46.9 Å². The summed E-state index contributed by atoms with van der Waals surface area (Å²) in [6.45, 7) is 2.44.